The zero-order valence-corrected chi connectivity index (χ0v) is 16.8. The van der Waals surface area contributed by atoms with Crippen LogP contribution in [0.3, 0.4) is 0 Å². The smallest absolute Gasteiger partial charge is 0.321 e. The molecule has 1 aliphatic heterocycles. The Labute approximate surface area is 165 Å². The number of nitrogens with zero attached hydrogens (tertiary/aromatic N) is 4. The second-order valence-corrected chi connectivity index (χ2v) is 7.65. The van der Waals surface area contributed by atoms with Gasteiger partial charge in [0.2, 0.25) is 0 Å². The van der Waals surface area contributed by atoms with Gasteiger partial charge in [0, 0.05) is 37.4 Å². The van der Waals surface area contributed by atoms with Crippen molar-refractivity contribution in [3.05, 3.63) is 53.5 Å². The Kier molecular flexibility index (Phi) is 5.03. The van der Waals surface area contributed by atoms with E-state index in [4.69, 9.17) is 4.98 Å². The first-order valence-electron chi connectivity index (χ1n) is 10.0. The minimum Gasteiger partial charge on any atom is -0.324 e. The summed E-state index contributed by atoms with van der Waals surface area (Å²) in [4.78, 5) is 24.1. The van der Waals surface area contributed by atoms with Gasteiger partial charge < -0.3 is 14.8 Å². The van der Waals surface area contributed by atoms with E-state index in [9.17, 15) is 4.79 Å². The molecule has 0 aliphatic carbocycles. The second-order valence-electron chi connectivity index (χ2n) is 7.65. The zero-order chi connectivity index (χ0) is 19.7. The van der Waals surface area contributed by atoms with Crippen LogP contribution < -0.4 is 5.32 Å². The fraction of sp³-hybridized carbons (Fsp3) is 0.409. The fourth-order valence-corrected chi connectivity index (χ4v) is 3.95. The van der Waals surface area contributed by atoms with Gasteiger partial charge >= 0.3 is 6.03 Å². The number of anilines is 1. The van der Waals surface area contributed by atoms with Gasteiger partial charge in [-0.1, -0.05) is 19.1 Å². The maximum absolute atomic E-state index is 12.8. The number of benzene rings is 1. The Balaban J connectivity index is 1.52. The van der Waals surface area contributed by atoms with E-state index in [0.29, 0.717) is 6.54 Å². The number of aromatic nitrogens is 3. The van der Waals surface area contributed by atoms with Gasteiger partial charge in [0.05, 0.1) is 0 Å². The predicted molar refractivity (Wildman–Crippen MR) is 112 cm³/mol. The van der Waals surface area contributed by atoms with Crippen LogP contribution in [0.15, 0.2) is 36.5 Å². The Morgan fingerprint density at radius 3 is 2.96 bits per heavy atom. The number of amides is 2. The number of pyridine rings is 1. The first-order valence-corrected chi connectivity index (χ1v) is 10.0. The van der Waals surface area contributed by atoms with Gasteiger partial charge in [0.25, 0.3) is 0 Å². The van der Waals surface area contributed by atoms with Crippen LogP contribution in [0.4, 0.5) is 10.5 Å². The number of hydrogen-bond donors (Lipinski definition) is 1. The van der Waals surface area contributed by atoms with Gasteiger partial charge in [0.1, 0.15) is 11.3 Å². The van der Waals surface area contributed by atoms with Crippen molar-refractivity contribution in [2.45, 2.75) is 46.1 Å². The van der Waals surface area contributed by atoms with Crippen LogP contribution in [0, 0.1) is 13.8 Å². The molecule has 3 heterocycles. The standard InChI is InChI=1S/C22H27N5O/c1-4-11-27-20(24-18-6-5-10-23-21(18)27)17-9-12-26(14-17)22(28)25-19-13-15(2)7-8-16(19)3/h5-8,10,13,17H,4,9,11-12,14H2,1-3H3,(H,25,28)/t17-/m1/s1. The molecule has 6 nitrogen and oxygen atoms in total. The van der Waals surface area contributed by atoms with Crippen molar-refractivity contribution >= 4 is 22.9 Å². The third kappa shape index (κ3) is 3.46. The van der Waals surface area contributed by atoms with Gasteiger partial charge in [-0.15, -0.1) is 0 Å². The molecular weight excluding hydrogens is 350 g/mol. The third-order valence-corrected chi connectivity index (χ3v) is 5.46. The van der Waals surface area contributed by atoms with E-state index < -0.39 is 0 Å². The number of carbonyl (C=O) groups is 1. The lowest BCUT2D eigenvalue weighted by molar-refractivity contribution is 0.222. The molecule has 1 aromatic carbocycles. The molecule has 1 N–H and O–H groups in total. The molecule has 3 aromatic rings. The summed E-state index contributed by atoms with van der Waals surface area (Å²) in [6.07, 6.45) is 3.77. The SMILES string of the molecule is CCCn1c([C@@H]2CCN(C(=O)Nc3cc(C)ccc3C)C2)nc2cccnc21. The van der Waals surface area contributed by atoms with Crippen LogP contribution in [-0.2, 0) is 6.54 Å². The quantitative estimate of drug-likeness (QED) is 0.729. The number of carbonyl (C=O) groups excluding carboxylic acids is 1. The van der Waals surface area contributed by atoms with Gasteiger partial charge in [0.15, 0.2) is 5.65 Å². The monoisotopic (exact) mass is 377 g/mol. The summed E-state index contributed by atoms with van der Waals surface area (Å²) >= 11 is 0. The fourth-order valence-electron chi connectivity index (χ4n) is 3.95. The molecule has 2 aromatic heterocycles. The minimum atomic E-state index is -0.0347. The van der Waals surface area contributed by atoms with E-state index in [0.717, 1.165) is 59.7 Å². The lowest BCUT2D eigenvalue weighted by Gasteiger charge is -2.19. The lowest BCUT2D eigenvalue weighted by atomic mass is 10.1. The van der Waals surface area contributed by atoms with Gasteiger partial charge in [-0.3, -0.25) is 0 Å². The van der Waals surface area contributed by atoms with Crippen molar-refractivity contribution in [1.82, 2.24) is 19.4 Å². The van der Waals surface area contributed by atoms with Crippen LogP contribution in [-0.4, -0.2) is 38.6 Å². The molecule has 28 heavy (non-hydrogen) atoms. The number of hydrogen-bond acceptors (Lipinski definition) is 3. The van der Waals surface area contributed by atoms with Crippen molar-refractivity contribution in [1.29, 1.82) is 0 Å². The maximum atomic E-state index is 12.8. The summed E-state index contributed by atoms with van der Waals surface area (Å²) in [5, 5.41) is 3.08. The number of imidazole rings is 1. The Hall–Kier alpha value is -2.89. The van der Waals surface area contributed by atoms with Crippen LogP contribution >= 0.6 is 0 Å². The van der Waals surface area contributed by atoms with Gasteiger partial charge in [-0.05, 0) is 56.0 Å². The highest BCUT2D eigenvalue weighted by Gasteiger charge is 2.31. The molecule has 0 spiro atoms. The molecule has 1 aliphatic rings. The Morgan fingerprint density at radius 1 is 1.29 bits per heavy atom. The topological polar surface area (TPSA) is 63.1 Å². The molecule has 1 saturated heterocycles. The van der Waals surface area contributed by atoms with Gasteiger partial charge in [-0.2, -0.15) is 0 Å². The van der Waals surface area contributed by atoms with Crippen LogP contribution in [0.2, 0.25) is 0 Å². The molecule has 0 bridgehead atoms. The molecule has 4 rings (SSSR count). The van der Waals surface area contributed by atoms with Crippen LogP contribution in [0.25, 0.3) is 11.2 Å². The molecule has 1 fully saturated rings. The largest absolute Gasteiger partial charge is 0.324 e. The normalized spacial score (nSPS) is 16.7. The summed E-state index contributed by atoms with van der Waals surface area (Å²) in [5.74, 6) is 1.29. The first-order chi connectivity index (χ1) is 13.6. The van der Waals surface area contributed by atoms with E-state index in [-0.39, 0.29) is 11.9 Å². The maximum Gasteiger partial charge on any atom is 0.321 e. The van der Waals surface area contributed by atoms with Crippen LogP contribution in [0.1, 0.15) is 42.6 Å². The van der Waals surface area contributed by atoms with E-state index >= 15 is 0 Å². The summed E-state index contributed by atoms with van der Waals surface area (Å²) in [6.45, 7) is 8.54. The second kappa shape index (κ2) is 7.62. The number of fused-ring (bicyclic) bond motifs is 1. The number of likely N-dealkylation sites (tertiary alicyclic amines) is 1. The van der Waals surface area contributed by atoms with Crippen molar-refractivity contribution < 1.29 is 4.79 Å². The van der Waals surface area contributed by atoms with Crippen molar-refractivity contribution in [3.63, 3.8) is 0 Å². The molecule has 2 amide bonds. The van der Waals surface area contributed by atoms with E-state index in [1.165, 1.54) is 0 Å². The first kappa shape index (κ1) is 18.5. The molecule has 0 unspecified atom stereocenters. The highest BCUT2D eigenvalue weighted by molar-refractivity contribution is 5.90. The van der Waals surface area contributed by atoms with Gasteiger partial charge in [-0.25, -0.2) is 14.8 Å². The molecule has 1 atom stereocenters. The number of nitrogens with one attached hydrogen (secondary N) is 1. The van der Waals surface area contributed by atoms with Crippen LogP contribution in [0.5, 0.6) is 0 Å². The third-order valence-electron chi connectivity index (χ3n) is 5.46. The summed E-state index contributed by atoms with van der Waals surface area (Å²) in [5.41, 5.74) is 4.98. The summed E-state index contributed by atoms with van der Waals surface area (Å²) < 4.78 is 2.23. The predicted octanol–water partition coefficient (Wildman–Crippen LogP) is 4.48. The van der Waals surface area contributed by atoms with E-state index in [1.54, 1.807) is 0 Å². The number of rotatable bonds is 4. The Morgan fingerprint density at radius 2 is 2.14 bits per heavy atom. The van der Waals surface area contributed by atoms with Crippen molar-refractivity contribution in [3.8, 4) is 0 Å². The van der Waals surface area contributed by atoms with Crippen molar-refractivity contribution in [2.75, 3.05) is 18.4 Å². The molecule has 6 heteroatoms. The van der Waals surface area contributed by atoms with Crippen molar-refractivity contribution in [2.24, 2.45) is 0 Å². The highest BCUT2D eigenvalue weighted by atomic mass is 16.2. The molecular formula is C22H27N5O. The lowest BCUT2D eigenvalue weighted by Crippen LogP contribution is -2.33. The average molecular weight is 377 g/mol. The minimum absolute atomic E-state index is 0.0347. The average Bonchev–Trinajstić information content (AvgIpc) is 3.30. The highest BCUT2D eigenvalue weighted by Crippen LogP contribution is 2.30. The number of aryl methyl sites for hydroxylation is 3. The summed E-state index contributed by atoms with van der Waals surface area (Å²) in [7, 11) is 0. The molecule has 0 saturated carbocycles. The van der Waals surface area contributed by atoms with E-state index in [2.05, 4.69) is 27.9 Å². The Bertz CT molecular complexity index is 1010. The summed E-state index contributed by atoms with van der Waals surface area (Å²) in [6, 6.07) is 10.0. The zero-order valence-electron chi connectivity index (χ0n) is 16.8. The van der Waals surface area contributed by atoms with E-state index in [1.807, 2.05) is 49.2 Å². The molecule has 146 valence electrons. The molecule has 0 radical (unpaired) electrons. The number of urea groups is 1.